The number of hydrogen-bond acceptors (Lipinski definition) is 3. The van der Waals surface area contributed by atoms with Crippen LogP contribution in [-0.2, 0) is 9.59 Å². The minimum atomic E-state index is -1.35. The molecule has 0 rings (SSSR count). The van der Waals surface area contributed by atoms with Crippen molar-refractivity contribution < 1.29 is 14.7 Å². The molecule has 0 saturated heterocycles. The highest BCUT2D eigenvalue weighted by atomic mass is 16.3. The van der Waals surface area contributed by atoms with Crippen molar-refractivity contribution >= 4 is 11.8 Å². The molecule has 4 N–H and O–H groups in total. The highest BCUT2D eigenvalue weighted by Gasteiger charge is 2.21. The fourth-order valence-corrected chi connectivity index (χ4v) is 0.736. The average Bonchev–Trinajstić information content (AvgIpc) is 1.81. The van der Waals surface area contributed by atoms with Gasteiger partial charge in [0.2, 0.25) is 11.8 Å². The van der Waals surface area contributed by atoms with E-state index in [0.717, 1.165) is 0 Å². The number of carbonyl (C=O) groups excluding carboxylic acids is 2. The Morgan fingerprint density at radius 1 is 1.46 bits per heavy atom. The Hall–Kier alpha value is -1.10. The predicted molar refractivity (Wildman–Crippen MR) is 47.7 cm³/mol. The lowest BCUT2D eigenvalue weighted by atomic mass is 10.1. The van der Waals surface area contributed by atoms with Gasteiger partial charge in [-0.3, -0.25) is 9.59 Å². The third kappa shape index (κ3) is 6.10. The molecule has 76 valence electrons. The van der Waals surface area contributed by atoms with Crippen LogP contribution in [0.15, 0.2) is 0 Å². The zero-order valence-electron chi connectivity index (χ0n) is 8.13. The van der Waals surface area contributed by atoms with Crippen LogP contribution in [0.25, 0.3) is 0 Å². The minimum Gasteiger partial charge on any atom is -0.383 e. The molecule has 0 unspecified atom stereocenters. The van der Waals surface area contributed by atoms with Gasteiger partial charge >= 0.3 is 0 Å². The van der Waals surface area contributed by atoms with Crippen LogP contribution in [0.1, 0.15) is 27.2 Å². The summed E-state index contributed by atoms with van der Waals surface area (Å²) in [4.78, 5) is 21.5. The van der Waals surface area contributed by atoms with Gasteiger partial charge in [0.05, 0.1) is 6.42 Å². The van der Waals surface area contributed by atoms with Gasteiger partial charge in [0, 0.05) is 5.54 Å². The van der Waals surface area contributed by atoms with Crippen molar-refractivity contribution in [2.24, 2.45) is 5.73 Å². The van der Waals surface area contributed by atoms with Gasteiger partial charge in [-0.1, -0.05) is 0 Å². The lowest BCUT2D eigenvalue weighted by Gasteiger charge is -2.22. The molecule has 0 saturated carbocycles. The number of rotatable bonds is 3. The summed E-state index contributed by atoms with van der Waals surface area (Å²) >= 11 is 0. The predicted octanol–water partition coefficient (Wildman–Crippen LogP) is -0.863. The van der Waals surface area contributed by atoms with E-state index in [1.165, 1.54) is 0 Å². The normalized spacial score (nSPS) is 13.5. The first-order valence-corrected chi connectivity index (χ1v) is 4.01. The van der Waals surface area contributed by atoms with Crippen molar-refractivity contribution in [3.63, 3.8) is 0 Å². The first kappa shape index (κ1) is 11.9. The first-order chi connectivity index (χ1) is 5.72. The lowest BCUT2D eigenvalue weighted by molar-refractivity contribution is -0.134. The Bertz CT molecular complexity index is 208. The summed E-state index contributed by atoms with van der Waals surface area (Å²) in [6.45, 7) is 5.34. The maximum Gasteiger partial charge on any atom is 0.249 e. The summed E-state index contributed by atoms with van der Waals surface area (Å²) in [7, 11) is 0. The van der Waals surface area contributed by atoms with Gasteiger partial charge in [0.25, 0.3) is 0 Å². The summed E-state index contributed by atoms with van der Waals surface area (Å²) in [5.74, 6) is -1.28. The summed E-state index contributed by atoms with van der Waals surface area (Å²) in [6, 6.07) is 0. The van der Waals surface area contributed by atoms with Crippen LogP contribution in [0.5, 0.6) is 0 Å². The number of aliphatic hydroxyl groups excluding tert-OH is 1. The quantitative estimate of drug-likeness (QED) is 0.538. The third-order valence-electron chi connectivity index (χ3n) is 1.20. The van der Waals surface area contributed by atoms with Gasteiger partial charge in [0.1, 0.15) is 6.10 Å². The Labute approximate surface area is 77.3 Å². The smallest absolute Gasteiger partial charge is 0.249 e. The molecule has 0 aromatic rings. The van der Waals surface area contributed by atoms with Crippen molar-refractivity contribution in [3.8, 4) is 0 Å². The van der Waals surface area contributed by atoms with Crippen LogP contribution in [0.2, 0.25) is 0 Å². The number of hydrogen-bond donors (Lipinski definition) is 3. The second kappa shape index (κ2) is 4.23. The molecule has 0 radical (unpaired) electrons. The molecule has 0 heterocycles. The van der Waals surface area contributed by atoms with Crippen LogP contribution < -0.4 is 11.1 Å². The molecule has 0 aliphatic rings. The fraction of sp³-hybridized carbons (Fsp3) is 0.750. The summed E-state index contributed by atoms with van der Waals surface area (Å²) in [5, 5.41) is 11.7. The van der Waals surface area contributed by atoms with Crippen LogP contribution in [0.3, 0.4) is 0 Å². The Morgan fingerprint density at radius 2 is 1.92 bits per heavy atom. The van der Waals surface area contributed by atoms with E-state index in [0.29, 0.717) is 0 Å². The molecule has 5 nitrogen and oxygen atoms in total. The highest BCUT2D eigenvalue weighted by molar-refractivity contribution is 5.86. The van der Waals surface area contributed by atoms with E-state index in [2.05, 4.69) is 5.32 Å². The number of aliphatic hydroxyl groups is 1. The summed E-state index contributed by atoms with van der Waals surface area (Å²) < 4.78 is 0. The molecule has 0 bridgehead atoms. The van der Waals surface area contributed by atoms with E-state index in [4.69, 9.17) is 10.8 Å². The Kier molecular flexibility index (Phi) is 3.87. The second-order valence-corrected chi connectivity index (χ2v) is 3.93. The van der Waals surface area contributed by atoms with E-state index in [-0.39, 0.29) is 6.42 Å². The maximum atomic E-state index is 11.1. The molecule has 0 spiro atoms. The molecule has 0 aromatic heterocycles. The van der Waals surface area contributed by atoms with Gasteiger partial charge in [0.15, 0.2) is 0 Å². The zero-order chi connectivity index (χ0) is 10.6. The van der Waals surface area contributed by atoms with Crippen LogP contribution in [-0.4, -0.2) is 28.6 Å². The minimum absolute atomic E-state index is 0.345. The first-order valence-electron chi connectivity index (χ1n) is 4.01. The number of primary amides is 1. The van der Waals surface area contributed by atoms with Gasteiger partial charge in [-0.05, 0) is 20.8 Å². The summed E-state index contributed by atoms with van der Waals surface area (Å²) in [6.07, 6.45) is -1.70. The molecule has 5 heteroatoms. The average molecular weight is 188 g/mol. The molecule has 0 aliphatic heterocycles. The van der Waals surface area contributed by atoms with E-state index < -0.39 is 23.5 Å². The third-order valence-corrected chi connectivity index (χ3v) is 1.20. The number of amides is 2. The second-order valence-electron chi connectivity index (χ2n) is 3.93. The van der Waals surface area contributed by atoms with Gasteiger partial charge in [-0.15, -0.1) is 0 Å². The van der Waals surface area contributed by atoms with Crippen LogP contribution in [0.4, 0.5) is 0 Å². The Balaban J connectivity index is 4.05. The van der Waals surface area contributed by atoms with Crippen LogP contribution in [0, 0.1) is 0 Å². The molecule has 0 aromatic carbocycles. The highest BCUT2D eigenvalue weighted by Crippen LogP contribution is 2.00. The molecule has 2 amide bonds. The van der Waals surface area contributed by atoms with Gasteiger partial charge in [-0.25, -0.2) is 0 Å². The maximum absolute atomic E-state index is 11.1. The molecule has 1 atom stereocenters. The summed E-state index contributed by atoms with van der Waals surface area (Å²) in [5.41, 5.74) is 4.40. The van der Waals surface area contributed by atoms with Gasteiger partial charge < -0.3 is 16.2 Å². The van der Waals surface area contributed by atoms with Crippen molar-refractivity contribution in [3.05, 3.63) is 0 Å². The number of nitrogens with two attached hydrogens (primary N) is 1. The number of nitrogens with one attached hydrogen (secondary N) is 1. The zero-order valence-corrected chi connectivity index (χ0v) is 8.13. The van der Waals surface area contributed by atoms with Crippen molar-refractivity contribution in [1.29, 1.82) is 0 Å². The molecule has 0 aliphatic carbocycles. The van der Waals surface area contributed by atoms with Crippen LogP contribution >= 0.6 is 0 Å². The standard InChI is InChI=1S/C8H16N2O3/c1-8(2,3)10-7(13)5(11)4-6(9)12/h5,11H,4H2,1-3H3,(H2,9,12)(H,10,13)/t5-/m1/s1. The van der Waals surface area contributed by atoms with E-state index in [1.807, 2.05) is 0 Å². The number of carbonyl (C=O) groups is 2. The monoisotopic (exact) mass is 188 g/mol. The molecular formula is C8H16N2O3. The molecule has 0 fully saturated rings. The largest absolute Gasteiger partial charge is 0.383 e. The SMILES string of the molecule is CC(C)(C)NC(=O)[C@H](O)CC(N)=O. The Morgan fingerprint density at radius 3 is 2.23 bits per heavy atom. The molecular weight excluding hydrogens is 172 g/mol. The lowest BCUT2D eigenvalue weighted by Crippen LogP contribution is -2.46. The van der Waals surface area contributed by atoms with Crippen molar-refractivity contribution in [1.82, 2.24) is 5.32 Å². The fourth-order valence-electron chi connectivity index (χ4n) is 0.736. The van der Waals surface area contributed by atoms with E-state index in [1.54, 1.807) is 20.8 Å². The van der Waals surface area contributed by atoms with Crippen molar-refractivity contribution in [2.45, 2.75) is 38.8 Å². The molecule has 13 heavy (non-hydrogen) atoms. The van der Waals surface area contributed by atoms with Gasteiger partial charge in [-0.2, -0.15) is 0 Å². The topological polar surface area (TPSA) is 92.4 Å². The van der Waals surface area contributed by atoms with Crippen molar-refractivity contribution in [2.75, 3.05) is 0 Å². The van der Waals surface area contributed by atoms with E-state index >= 15 is 0 Å². The van der Waals surface area contributed by atoms with E-state index in [9.17, 15) is 9.59 Å².